The molecule has 98 valence electrons. The van der Waals surface area contributed by atoms with Crippen LogP contribution in [0.1, 0.15) is 30.5 Å². The van der Waals surface area contributed by atoms with Gasteiger partial charge in [0.2, 0.25) is 0 Å². The molecule has 4 heteroatoms. The molecule has 4 nitrogen and oxygen atoms in total. The van der Waals surface area contributed by atoms with E-state index in [0.29, 0.717) is 6.42 Å². The number of fused-ring (bicyclic) bond motifs is 1. The average molecular weight is 256 g/mol. The van der Waals surface area contributed by atoms with Crippen molar-refractivity contribution in [2.75, 3.05) is 7.11 Å². The third-order valence-corrected chi connectivity index (χ3v) is 3.26. The number of methoxy groups -OCH3 is 1. The van der Waals surface area contributed by atoms with Crippen LogP contribution >= 0.6 is 0 Å². The maximum Gasteiger partial charge on any atom is 0.323 e. The Labute approximate surface area is 112 Å². The van der Waals surface area contributed by atoms with E-state index in [1.54, 1.807) is 0 Å². The molecule has 1 aliphatic heterocycles. The topological polar surface area (TPSA) is 62.1 Å². The second-order valence-corrected chi connectivity index (χ2v) is 4.59. The molecule has 19 heavy (non-hydrogen) atoms. The summed E-state index contributed by atoms with van der Waals surface area (Å²) >= 11 is 0. The summed E-state index contributed by atoms with van der Waals surface area (Å²) in [6.07, 6.45) is 2.47. The Kier molecular flexibility index (Phi) is 3.86. The number of carbonyl (C=O) groups is 1. The van der Waals surface area contributed by atoms with Crippen molar-refractivity contribution in [3.05, 3.63) is 41.1 Å². The standard InChI is InChI=1S/C15H16N2O2/c1-10-7-11-5-3-4-6-13(11)14(17-10)8-12(9-16)15(18)19-2/h3-7,12,14,17H,8H2,1-2H3/t12-,14+/m0/s1. The van der Waals surface area contributed by atoms with E-state index in [1.165, 1.54) is 7.11 Å². The first kappa shape index (κ1) is 13.2. The number of carbonyl (C=O) groups excluding carboxylic acids is 1. The Morgan fingerprint density at radius 2 is 2.26 bits per heavy atom. The molecule has 0 saturated carbocycles. The van der Waals surface area contributed by atoms with Gasteiger partial charge in [-0.05, 0) is 30.5 Å². The van der Waals surface area contributed by atoms with Gasteiger partial charge < -0.3 is 10.1 Å². The molecule has 1 aromatic rings. The van der Waals surface area contributed by atoms with E-state index in [9.17, 15) is 4.79 Å². The lowest BCUT2D eigenvalue weighted by atomic mass is 9.89. The van der Waals surface area contributed by atoms with Crippen molar-refractivity contribution in [1.29, 1.82) is 5.26 Å². The highest BCUT2D eigenvalue weighted by atomic mass is 16.5. The predicted molar refractivity (Wildman–Crippen MR) is 71.7 cm³/mol. The van der Waals surface area contributed by atoms with Crippen LogP contribution < -0.4 is 5.32 Å². The number of rotatable bonds is 3. The van der Waals surface area contributed by atoms with Gasteiger partial charge in [0.05, 0.1) is 19.2 Å². The van der Waals surface area contributed by atoms with Crippen LogP contribution in [0.5, 0.6) is 0 Å². The SMILES string of the molecule is COC(=O)[C@H](C#N)C[C@H]1NC(C)=Cc2ccccc21. The summed E-state index contributed by atoms with van der Waals surface area (Å²) < 4.78 is 4.66. The summed E-state index contributed by atoms with van der Waals surface area (Å²) in [5.74, 6) is -1.23. The highest BCUT2D eigenvalue weighted by molar-refractivity contribution is 5.75. The van der Waals surface area contributed by atoms with E-state index >= 15 is 0 Å². The van der Waals surface area contributed by atoms with Gasteiger partial charge in [0.1, 0.15) is 5.92 Å². The van der Waals surface area contributed by atoms with E-state index in [4.69, 9.17) is 5.26 Å². The zero-order chi connectivity index (χ0) is 13.8. The number of allylic oxidation sites excluding steroid dienone is 1. The van der Waals surface area contributed by atoms with Gasteiger partial charge in [0.15, 0.2) is 0 Å². The zero-order valence-electron chi connectivity index (χ0n) is 11.0. The van der Waals surface area contributed by atoms with E-state index in [-0.39, 0.29) is 6.04 Å². The van der Waals surface area contributed by atoms with Crippen molar-refractivity contribution in [1.82, 2.24) is 5.32 Å². The molecule has 0 fully saturated rings. The van der Waals surface area contributed by atoms with Gasteiger partial charge in [0.25, 0.3) is 0 Å². The molecule has 1 aromatic carbocycles. The van der Waals surface area contributed by atoms with Gasteiger partial charge in [-0.2, -0.15) is 5.26 Å². The molecule has 2 rings (SSSR count). The van der Waals surface area contributed by atoms with Crippen molar-refractivity contribution >= 4 is 12.0 Å². The third-order valence-electron chi connectivity index (χ3n) is 3.26. The maximum atomic E-state index is 11.5. The second kappa shape index (κ2) is 5.57. The van der Waals surface area contributed by atoms with Gasteiger partial charge in [-0.25, -0.2) is 0 Å². The van der Waals surface area contributed by atoms with Crippen molar-refractivity contribution in [3.63, 3.8) is 0 Å². The number of ether oxygens (including phenoxy) is 1. The number of nitrogens with one attached hydrogen (secondary N) is 1. The summed E-state index contributed by atoms with van der Waals surface area (Å²) in [6.45, 7) is 1.97. The summed E-state index contributed by atoms with van der Waals surface area (Å²) in [5.41, 5.74) is 3.27. The van der Waals surface area contributed by atoms with Gasteiger partial charge in [0, 0.05) is 5.70 Å². The lowest BCUT2D eigenvalue weighted by Crippen LogP contribution is -2.28. The van der Waals surface area contributed by atoms with E-state index in [0.717, 1.165) is 16.8 Å². The molecule has 0 bridgehead atoms. The molecule has 1 aliphatic rings. The van der Waals surface area contributed by atoms with Crippen LogP contribution in [0.4, 0.5) is 0 Å². The van der Waals surface area contributed by atoms with Crippen molar-refractivity contribution in [2.45, 2.75) is 19.4 Å². The van der Waals surface area contributed by atoms with Crippen LogP contribution in [-0.2, 0) is 9.53 Å². The molecular formula is C15H16N2O2. The third kappa shape index (κ3) is 2.76. The van der Waals surface area contributed by atoms with Gasteiger partial charge >= 0.3 is 5.97 Å². The quantitative estimate of drug-likeness (QED) is 0.843. The molecular weight excluding hydrogens is 240 g/mol. The molecule has 0 radical (unpaired) electrons. The first-order chi connectivity index (χ1) is 9.15. The highest BCUT2D eigenvalue weighted by Crippen LogP contribution is 2.30. The smallest absolute Gasteiger partial charge is 0.323 e. The number of nitriles is 1. The summed E-state index contributed by atoms with van der Waals surface area (Å²) in [6, 6.07) is 9.96. The van der Waals surface area contributed by atoms with E-state index in [2.05, 4.69) is 16.1 Å². The van der Waals surface area contributed by atoms with Crippen LogP contribution in [0.3, 0.4) is 0 Å². The van der Waals surface area contributed by atoms with E-state index in [1.807, 2.05) is 37.3 Å². The molecule has 0 spiro atoms. The summed E-state index contributed by atoms with van der Waals surface area (Å²) in [5, 5.41) is 12.4. The molecule has 0 amide bonds. The lowest BCUT2D eigenvalue weighted by Gasteiger charge is -2.27. The minimum absolute atomic E-state index is 0.0371. The number of benzene rings is 1. The lowest BCUT2D eigenvalue weighted by molar-refractivity contribution is -0.143. The minimum Gasteiger partial charge on any atom is -0.468 e. The fraction of sp³-hybridized carbons (Fsp3) is 0.333. The first-order valence-corrected chi connectivity index (χ1v) is 6.17. The average Bonchev–Trinajstić information content (AvgIpc) is 2.43. The Morgan fingerprint density at radius 3 is 2.95 bits per heavy atom. The monoisotopic (exact) mass is 256 g/mol. The van der Waals surface area contributed by atoms with Crippen molar-refractivity contribution in [3.8, 4) is 6.07 Å². The molecule has 0 aliphatic carbocycles. The van der Waals surface area contributed by atoms with E-state index < -0.39 is 11.9 Å². The van der Waals surface area contributed by atoms with Crippen LogP contribution in [0, 0.1) is 17.2 Å². The number of esters is 1. The summed E-state index contributed by atoms with van der Waals surface area (Å²) in [7, 11) is 1.31. The molecule has 0 unspecified atom stereocenters. The molecule has 0 saturated heterocycles. The Hall–Kier alpha value is -2.28. The van der Waals surface area contributed by atoms with Crippen LogP contribution in [0.15, 0.2) is 30.0 Å². The minimum atomic E-state index is -0.749. The van der Waals surface area contributed by atoms with Crippen molar-refractivity contribution < 1.29 is 9.53 Å². The second-order valence-electron chi connectivity index (χ2n) is 4.59. The van der Waals surface area contributed by atoms with Gasteiger partial charge in [-0.15, -0.1) is 0 Å². The Balaban J connectivity index is 2.25. The van der Waals surface area contributed by atoms with Crippen LogP contribution in [0.25, 0.3) is 6.08 Å². The van der Waals surface area contributed by atoms with Gasteiger partial charge in [-0.3, -0.25) is 4.79 Å². The van der Waals surface area contributed by atoms with Gasteiger partial charge in [-0.1, -0.05) is 24.3 Å². The molecule has 2 atom stereocenters. The normalized spacial score (nSPS) is 18.4. The first-order valence-electron chi connectivity index (χ1n) is 6.17. The highest BCUT2D eigenvalue weighted by Gasteiger charge is 2.27. The number of nitrogens with zero attached hydrogens (tertiary/aromatic N) is 1. The molecule has 1 heterocycles. The fourth-order valence-corrected chi connectivity index (χ4v) is 2.35. The Bertz CT molecular complexity index is 558. The van der Waals surface area contributed by atoms with Crippen LogP contribution in [-0.4, -0.2) is 13.1 Å². The number of hydrogen-bond acceptors (Lipinski definition) is 4. The molecule has 0 aromatic heterocycles. The van der Waals surface area contributed by atoms with Crippen molar-refractivity contribution in [2.24, 2.45) is 5.92 Å². The largest absolute Gasteiger partial charge is 0.468 e. The Morgan fingerprint density at radius 1 is 1.53 bits per heavy atom. The van der Waals surface area contributed by atoms with Crippen LogP contribution in [0.2, 0.25) is 0 Å². The fourth-order valence-electron chi connectivity index (χ4n) is 2.35. The number of hydrogen-bond donors (Lipinski definition) is 1. The maximum absolute atomic E-state index is 11.5. The summed E-state index contributed by atoms with van der Waals surface area (Å²) in [4.78, 5) is 11.5. The predicted octanol–water partition coefficient (Wildman–Crippen LogP) is 2.39. The molecule has 1 N–H and O–H groups in total. The zero-order valence-corrected chi connectivity index (χ0v) is 11.0.